The van der Waals surface area contributed by atoms with E-state index < -0.39 is 0 Å². The van der Waals surface area contributed by atoms with Crippen LogP contribution < -0.4 is 4.90 Å². The lowest BCUT2D eigenvalue weighted by molar-refractivity contribution is 0.207. The van der Waals surface area contributed by atoms with E-state index in [4.69, 9.17) is 0 Å². The largest absolute Gasteiger partial charge is 0.345 e. The van der Waals surface area contributed by atoms with Crippen LogP contribution in [0.1, 0.15) is 64.4 Å². The molecule has 1 aliphatic carbocycles. The first kappa shape index (κ1) is 14.7. The molecule has 2 aliphatic rings. The van der Waals surface area contributed by atoms with Gasteiger partial charge >= 0.3 is 0 Å². The third kappa shape index (κ3) is 2.63. The number of hydrogen-bond donors (Lipinski definition) is 0. The highest BCUT2D eigenvalue weighted by Gasteiger charge is 2.43. The van der Waals surface area contributed by atoms with E-state index in [1.165, 1.54) is 49.1 Å². The maximum Gasteiger partial charge on any atom is 0.0408 e. The molecule has 0 atom stereocenters. The van der Waals surface area contributed by atoms with Crippen molar-refractivity contribution in [1.29, 1.82) is 0 Å². The van der Waals surface area contributed by atoms with E-state index in [2.05, 4.69) is 56.5 Å². The monoisotopic (exact) mass is 283 g/mol. The fourth-order valence-corrected chi connectivity index (χ4v) is 4.07. The Hall–Kier alpha value is -1.24. The van der Waals surface area contributed by atoms with E-state index in [1.54, 1.807) is 0 Å². The molecule has 0 N–H and O–H groups in total. The third-order valence-corrected chi connectivity index (χ3v) is 5.85. The molecule has 0 unspecified atom stereocenters. The summed E-state index contributed by atoms with van der Waals surface area (Å²) in [5.41, 5.74) is 4.54. The van der Waals surface area contributed by atoms with Gasteiger partial charge in [0.25, 0.3) is 0 Å². The van der Waals surface area contributed by atoms with Gasteiger partial charge in [0.2, 0.25) is 0 Å². The molecule has 0 bridgehead atoms. The van der Waals surface area contributed by atoms with Gasteiger partial charge in [-0.25, -0.2) is 0 Å². The van der Waals surface area contributed by atoms with Crippen molar-refractivity contribution in [3.05, 3.63) is 42.1 Å². The van der Waals surface area contributed by atoms with Crippen LogP contribution in [0.2, 0.25) is 0 Å². The predicted molar refractivity (Wildman–Crippen MR) is 91.7 cm³/mol. The van der Waals surface area contributed by atoms with Crippen LogP contribution in [0.3, 0.4) is 0 Å². The average Bonchev–Trinajstić information content (AvgIpc) is 2.80. The van der Waals surface area contributed by atoms with Gasteiger partial charge in [0, 0.05) is 23.3 Å². The predicted octanol–water partition coefficient (Wildman–Crippen LogP) is 5.73. The van der Waals surface area contributed by atoms with Crippen LogP contribution in [0.5, 0.6) is 0 Å². The molecule has 3 rings (SSSR count). The topological polar surface area (TPSA) is 3.24 Å². The highest BCUT2D eigenvalue weighted by molar-refractivity contribution is 5.56. The van der Waals surface area contributed by atoms with Gasteiger partial charge < -0.3 is 4.90 Å². The lowest BCUT2D eigenvalue weighted by Gasteiger charge is -2.38. The number of anilines is 1. The normalized spacial score (nSPS) is 29.6. The van der Waals surface area contributed by atoms with E-state index >= 15 is 0 Å². The van der Waals surface area contributed by atoms with Crippen LogP contribution in [0.15, 0.2) is 36.5 Å². The van der Waals surface area contributed by atoms with Crippen molar-refractivity contribution >= 4 is 5.69 Å². The Balaban J connectivity index is 1.77. The highest BCUT2D eigenvalue weighted by Crippen LogP contribution is 2.52. The first-order chi connectivity index (χ1) is 10.0. The van der Waals surface area contributed by atoms with Crippen LogP contribution in [0, 0.1) is 11.3 Å². The van der Waals surface area contributed by atoms with E-state index in [9.17, 15) is 0 Å². The fourth-order valence-electron chi connectivity index (χ4n) is 4.07. The molecular weight excluding hydrogens is 254 g/mol. The van der Waals surface area contributed by atoms with Crippen molar-refractivity contribution < 1.29 is 0 Å². The molecule has 114 valence electrons. The molecule has 1 aromatic rings. The number of benzene rings is 1. The summed E-state index contributed by atoms with van der Waals surface area (Å²) in [6.07, 6.45) is 6.73. The van der Waals surface area contributed by atoms with Crippen LogP contribution in [-0.2, 0) is 0 Å². The van der Waals surface area contributed by atoms with Gasteiger partial charge in [-0.1, -0.05) is 39.5 Å². The van der Waals surface area contributed by atoms with Gasteiger partial charge in [-0.05, 0) is 61.6 Å². The Labute approximate surface area is 130 Å². The van der Waals surface area contributed by atoms with Crippen molar-refractivity contribution in [3.63, 3.8) is 0 Å². The quantitative estimate of drug-likeness (QED) is 0.670. The van der Waals surface area contributed by atoms with E-state index in [0.717, 1.165) is 12.5 Å². The molecule has 1 heterocycles. The molecule has 21 heavy (non-hydrogen) atoms. The minimum atomic E-state index is 0.406. The summed E-state index contributed by atoms with van der Waals surface area (Å²) in [4.78, 5) is 2.47. The van der Waals surface area contributed by atoms with Gasteiger partial charge in [0.15, 0.2) is 0 Å². The zero-order valence-corrected chi connectivity index (χ0v) is 13.9. The maximum atomic E-state index is 4.50. The summed E-state index contributed by atoms with van der Waals surface area (Å²) >= 11 is 0. The zero-order valence-electron chi connectivity index (χ0n) is 13.9. The SMILES string of the molecule is C=C1N(c2ccc(C(C)C)cc2)CCC12CCC(C)CC2. The molecule has 1 saturated carbocycles. The molecule has 0 aromatic heterocycles. The first-order valence-electron chi connectivity index (χ1n) is 8.59. The van der Waals surface area contributed by atoms with E-state index in [1.807, 2.05) is 0 Å². The Bertz CT molecular complexity index is 503. The van der Waals surface area contributed by atoms with Gasteiger partial charge in [0.1, 0.15) is 0 Å². The Morgan fingerprint density at radius 1 is 1.10 bits per heavy atom. The maximum absolute atomic E-state index is 4.50. The van der Waals surface area contributed by atoms with Crippen LogP contribution in [0.25, 0.3) is 0 Å². The Kier molecular flexibility index (Phi) is 3.86. The molecule has 2 fully saturated rings. The molecule has 1 aromatic carbocycles. The van der Waals surface area contributed by atoms with E-state index in [-0.39, 0.29) is 0 Å². The van der Waals surface area contributed by atoms with Crippen molar-refractivity contribution in [2.45, 2.75) is 58.8 Å². The summed E-state index contributed by atoms with van der Waals surface area (Å²) in [6, 6.07) is 9.12. The smallest absolute Gasteiger partial charge is 0.0408 e. The van der Waals surface area contributed by atoms with Crippen molar-refractivity contribution in [2.75, 3.05) is 11.4 Å². The second-order valence-electron chi connectivity index (χ2n) is 7.56. The molecule has 1 spiro atoms. The summed E-state index contributed by atoms with van der Waals surface area (Å²) in [5.74, 6) is 1.51. The molecule has 1 nitrogen and oxygen atoms in total. The number of allylic oxidation sites excluding steroid dienone is 1. The molecule has 0 amide bonds. The number of hydrogen-bond acceptors (Lipinski definition) is 1. The van der Waals surface area contributed by atoms with E-state index in [0.29, 0.717) is 11.3 Å². The highest BCUT2D eigenvalue weighted by atomic mass is 15.2. The molecule has 0 radical (unpaired) electrons. The third-order valence-electron chi connectivity index (χ3n) is 5.85. The Morgan fingerprint density at radius 3 is 2.29 bits per heavy atom. The zero-order chi connectivity index (χ0) is 15.0. The second kappa shape index (κ2) is 5.51. The molecule has 1 aliphatic heterocycles. The summed E-state index contributed by atoms with van der Waals surface area (Å²) in [6.45, 7) is 12.5. The van der Waals surface area contributed by atoms with Gasteiger partial charge in [-0.15, -0.1) is 0 Å². The van der Waals surface area contributed by atoms with Gasteiger partial charge in [0.05, 0.1) is 0 Å². The molecule has 1 heteroatoms. The van der Waals surface area contributed by atoms with Crippen molar-refractivity contribution in [1.82, 2.24) is 0 Å². The lowest BCUT2D eigenvalue weighted by atomic mass is 9.69. The first-order valence-corrected chi connectivity index (χ1v) is 8.59. The summed E-state index contributed by atoms with van der Waals surface area (Å²) in [7, 11) is 0. The van der Waals surface area contributed by atoms with Crippen LogP contribution in [-0.4, -0.2) is 6.54 Å². The summed E-state index contributed by atoms with van der Waals surface area (Å²) in [5, 5.41) is 0. The molecule has 1 saturated heterocycles. The van der Waals surface area contributed by atoms with Gasteiger partial charge in [-0.3, -0.25) is 0 Å². The minimum absolute atomic E-state index is 0.406. The van der Waals surface area contributed by atoms with Crippen LogP contribution in [0.4, 0.5) is 5.69 Å². The minimum Gasteiger partial charge on any atom is -0.345 e. The number of nitrogens with zero attached hydrogens (tertiary/aromatic N) is 1. The van der Waals surface area contributed by atoms with Crippen molar-refractivity contribution in [2.24, 2.45) is 11.3 Å². The molecular formula is C20H29N. The van der Waals surface area contributed by atoms with Crippen molar-refractivity contribution in [3.8, 4) is 0 Å². The Morgan fingerprint density at radius 2 is 1.71 bits per heavy atom. The average molecular weight is 283 g/mol. The fraction of sp³-hybridized carbons (Fsp3) is 0.600. The second-order valence-corrected chi connectivity index (χ2v) is 7.56. The lowest BCUT2D eigenvalue weighted by Crippen LogP contribution is -2.28. The van der Waals surface area contributed by atoms with Crippen LogP contribution >= 0.6 is 0 Å². The summed E-state index contributed by atoms with van der Waals surface area (Å²) < 4.78 is 0. The van der Waals surface area contributed by atoms with Gasteiger partial charge in [-0.2, -0.15) is 0 Å². The number of rotatable bonds is 2. The standard InChI is InChI=1S/C20H29N/c1-15(2)18-5-7-19(8-6-18)21-14-13-20(17(21)4)11-9-16(3)10-12-20/h5-8,15-16H,4,9-14H2,1-3H3.